The van der Waals surface area contributed by atoms with Crippen molar-refractivity contribution >= 4 is 17.5 Å². The van der Waals surface area contributed by atoms with Crippen LogP contribution in [0.3, 0.4) is 0 Å². The number of nitrogens with zero attached hydrogens (tertiary/aromatic N) is 5. The van der Waals surface area contributed by atoms with Gasteiger partial charge in [-0.25, -0.2) is 0 Å². The van der Waals surface area contributed by atoms with Gasteiger partial charge in [0.15, 0.2) is 0 Å². The van der Waals surface area contributed by atoms with Crippen molar-refractivity contribution in [1.29, 1.82) is 0 Å². The molecule has 2 aromatic rings. The van der Waals surface area contributed by atoms with Crippen LogP contribution in [0.4, 0.5) is 0 Å². The van der Waals surface area contributed by atoms with E-state index in [9.17, 15) is 4.79 Å². The Morgan fingerprint density at radius 2 is 1.91 bits per heavy atom. The van der Waals surface area contributed by atoms with E-state index in [0.717, 1.165) is 23.5 Å². The van der Waals surface area contributed by atoms with E-state index in [1.165, 1.54) is 6.20 Å². The van der Waals surface area contributed by atoms with E-state index in [2.05, 4.69) is 17.1 Å². The Hall–Kier alpha value is -1.82. The predicted octanol–water partition coefficient (Wildman–Crippen LogP) is 2.66. The van der Waals surface area contributed by atoms with Crippen LogP contribution in [0.2, 0.25) is 5.02 Å². The number of halogens is 1. The summed E-state index contributed by atoms with van der Waals surface area (Å²) in [7, 11) is 1.77. The van der Waals surface area contributed by atoms with E-state index in [-0.39, 0.29) is 5.91 Å². The summed E-state index contributed by atoms with van der Waals surface area (Å²) < 4.78 is 3.57. The predicted molar refractivity (Wildman–Crippen MR) is 86.1 cm³/mol. The van der Waals surface area contributed by atoms with Gasteiger partial charge in [0, 0.05) is 37.9 Å². The van der Waals surface area contributed by atoms with Crippen LogP contribution < -0.4 is 0 Å². The van der Waals surface area contributed by atoms with Crippen LogP contribution in [-0.2, 0) is 19.6 Å². The smallest absolute Gasteiger partial charge is 0.273 e. The zero-order valence-electron chi connectivity index (χ0n) is 13.7. The molecule has 0 saturated heterocycles. The van der Waals surface area contributed by atoms with E-state index in [1.54, 1.807) is 16.6 Å². The summed E-state index contributed by atoms with van der Waals surface area (Å²) in [6.07, 6.45) is 1.51. The lowest BCUT2D eigenvalue weighted by atomic mass is 10.2. The molecule has 0 unspecified atom stereocenters. The number of hydrogen-bond acceptors (Lipinski definition) is 3. The zero-order chi connectivity index (χ0) is 16.4. The van der Waals surface area contributed by atoms with Gasteiger partial charge in [0.25, 0.3) is 5.91 Å². The van der Waals surface area contributed by atoms with Crippen LogP contribution in [0, 0.1) is 13.8 Å². The summed E-state index contributed by atoms with van der Waals surface area (Å²) in [6.45, 7) is 9.90. The average molecular weight is 324 g/mol. The molecule has 1 amide bonds. The van der Waals surface area contributed by atoms with Crippen LogP contribution in [0.15, 0.2) is 6.20 Å². The summed E-state index contributed by atoms with van der Waals surface area (Å²) in [4.78, 5) is 14.3. The minimum Gasteiger partial charge on any atom is -0.336 e. The first-order chi connectivity index (χ1) is 10.4. The van der Waals surface area contributed by atoms with Crippen molar-refractivity contribution in [2.24, 2.45) is 0 Å². The lowest BCUT2D eigenvalue weighted by Crippen LogP contribution is -2.29. The molecule has 0 radical (unpaired) electrons. The topological polar surface area (TPSA) is 56.0 Å². The molecular weight excluding hydrogens is 302 g/mol. The van der Waals surface area contributed by atoms with Crippen molar-refractivity contribution < 1.29 is 4.79 Å². The number of aromatic nitrogens is 4. The number of amides is 1. The molecule has 0 aliphatic heterocycles. The highest BCUT2D eigenvalue weighted by molar-refractivity contribution is 6.33. The second-order valence-electron chi connectivity index (χ2n) is 5.28. The van der Waals surface area contributed by atoms with E-state index < -0.39 is 0 Å². The molecule has 0 saturated carbocycles. The third-order valence-corrected chi connectivity index (χ3v) is 4.15. The van der Waals surface area contributed by atoms with E-state index in [0.29, 0.717) is 23.8 Å². The van der Waals surface area contributed by atoms with Gasteiger partial charge in [-0.05, 0) is 27.7 Å². The first-order valence-corrected chi connectivity index (χ1v) is 7.78. The highest BCUT2D eigenvalue weighted by Crippen LogP contribution is 2.20. The Bertz CT molecular complexity index is 688. The van der Waals surface area contributed by atoms with Gasteiger partial charge in [-0.1, -0.05) is 11.6 Å². The van der Waals surface area contributed by atoms with Crippen LogP contribution in [0.1, 0.15) is 41.3 Å². The third-order valence-electron chi connectivity index (χ3n) is 3.87. The van der Waals surface area contributed by atoms with Crippen LogP contribution >= 0.6 is 11.6 Å². The van der Waals surface area contributed by atoms with Crippen LogP contribution in [0.25, 0.3) is 0 Å². The summed E-state index contributed by atoms with van der Waals surface area (Å²) in [5.74, 6) is -0.132. The lowest BCUT2D eigenvalue weighted by molar-refractivity contribution is 0.0772. The zero-order valence-corrected chi connectivity index (χ0v) is 14.5. The molecule has 0 aliphatic rings. The average Bonchev–Trinajstić information content (AvgIpc) is 3.00. The molecule has 0 bridgehead atoms. The maximum Gasteiger partial charge on any atom is 0.273 e. The molecule has 2 heterocycles. The monoisotopic (exact) mass is 323 g/mol. The summed E-state index contributed by atoms with van der Waals surface area (Å²) in [5.41, 5.74) is 3.56. The Kier molecular flexibility index (Phi) is 4.90. The fraction of sp³-hybridized carbons (Fsp3) is 0.533. The van der Waals surface area contributed by atoms with Gasteiger partial charge in [-0.15, -0.1) is 0 Å². The van der Waals surface area contributed by atoms with Crippen molar-refractivity contribution in [3.8, 4) is 0 Å². The molecular formula is C15H22ClN5O. The highest BCUT2D eigenvalue weighted by Gasteiger charge is 2.22. The van der Waals surface area contributed by atoms with Crippen molar-refractivity contribution in [3.63, 3.8) is 0 Å². The summed E-state index contributed by atoms with van der Waals surface area (Å²) in [5, 5.41) is 8.99. The molecule has 0 fully saturated rings. The first-order valence-electron chi connectivity index (χ1n) is 7.40. The Balaban J connectivity index is 2.26. The summed E-state index contributed by atoms with van der Waals surface area (Å²) in [6, 6.07) is 0. The lowest BCUT2D eigenvalue weighted by Gasteiger charge is -2.18. The quantitative estimate of drug-likeness (QED) is 0.850. The van der Waals surface area contributed by atoms with Gasteiger partial charge >= 0.3 is 0 Å². The Labute approximate surface area is 135 Å². The van der Waals surface area contributed by atoms with Crippen LogP contribution in [0.5, 0.6) is 0 Å². The molecule has 2 aromatic heterocycles. The SMILES string of the molecule is CCn1nc(C)c(CN(C)C(=O)c2c(Cl)cnn2CC)c1C. The fourth-order valence-electron chi connectivity index (χ4n) is 2.58. The van der Waals surface area contributed by atoms with Gasteiger partial charge in [0.05, 0.1) is 16.9 Å². The standard InChI is InChI=1S/C15H22ClN5O/c1-6-20-11(4)12(10(3)18-20)9-19(5)15(22)14-13(16)8-17-21(14)7-2/h8H,6-7,9H2,1-5H3. The van der Waals surface area contributed by atoms with Crippen molar-refractivity contribution in [3.05, 3.63) is 33.9 Å². The number of carbonyl (C=O) groups excluding carboxylic acids is 1. The Morgan fingerprint density at radius 3 is 2.45 bits per heavy atom. The molecule has 0 N–H and O–H groups in total. The molecule has 22 heavy (non-hydrogen) atoms. The number of carbonyl (C=O) groups is 1. The number of rotatable bonds is 5. The maximum atomic E-state index is 12.7. The molecule has 0 aliphatic carbocycles. The van der Waals surface area contributed by atoms with Gasteiger partial charge in [-0.2, -0.15) is 10.2 Å². The van der Waals surface area contributed by atoms with Crippen LogP contribution in [-0.4, -0.2) is 37.4 Å². The van der Waals surface area contributed by atoms with Gasteiger partial charge in [0.1, 0.15) is 5.69 Å². The molecule has 0 aromatic carbocycles. The van der Waals surface area contributed by atoms with E-state index in [1.807, 2.05) is 25.5 Å². The van der Waals surface area contributed by atoms with Crippen molar-refractivity contribution in [1.82, 2.24) is 24.5 Å². The number of hydrogen-bond donors (Lipinski definition) is 0. The minimum atomic E-state index is -0.132. The fourth-order valence-corrected chi connectivity index (χ4v) is 2.80. The van der Waals surface area contributed by atoms with Gasteiger partial charge < -0.3 is 4.90 Å². The molecule has 0 spiro atoms. The van der Waals surface area contributed by atoms with E-state index >= 15 is 0 Å². The van der Waals surface area contributed by atoms with Crippen molar-refractivity contribution in [2.45, 2.75) is 47.3 Å². The highest BCUT2D eigenvalue weighted by atomic mass is 35.5. The number of aryl methyl sites for hydroxylation is 3. The largest absolute Gasteiger partial charge is 0.336 e. The van der Waals surface area contributed by atoms with Crippen molar-refractivity contribution in [2.75, 3.05) is 7.05 Å². The second-order valence-corrected chi connectivity index (χ2v) is 5.69. The maximum absolute atomic E-state index is 12.7. The van der Waals surface area contributed by atoms with Gasteiger partial charge in [-0.3, -0.25) is 14.2 Å². The minimum absolute atomic E-state index is 0.132. The van der Waals surface area contributed by atoms with Gasteiger partial charge in [0.2, 0.25) is 0 Å². The molecule has 120 valence electrons. The second kappa shape index (κ2) is 6.52. The third kappa shape index (κ3) is 2.88. The summed E-state index contributed by atoms with van der Waals surface area (Å²) >= 11 is 6.11. The normalized spacial score (nSPS) is 11.0. The molecule has 0 atom stereocenters. The Morgan fingerprint density at radius 1 is 1.27 bits per heavy atom. The first kappa shape index (κ1) is 16.5. The molecule has 6 nitrogen and oxygen atoms in total. The van der Waals surface area contributed by atoms with E-state index in [4.69, 9.17) is 11.6 Å². The molecule has 2 rings (SSSR count). The molecule has 7 heteroatoms.